The highest BCUT2D eigenvalue weighted by Crippen LogP contribution is 2.32. The molecule has 0 aromatic heterocycles. The Hall–Kier alpha value is -1.93. The quantitative estimate of drug-likeness (QED) is 0.341. The van der Waals surface area contributed by atoms with Crippen LogP contribution in [0.15, 0.2) is 17.2 Å². The maximum atomic E-state index is 10.7. The molecule has 0 radical (unpaired) electrons. The van der Waals surface area contributed by atoms with Crippen molar-refractivity contribution in [3.8, 4) is 5.75 Å². The van der Waals surface area contributed by atoms with Gasteiger partial charge in [0, 0.05) is 22.7 Å². The molecule has 108 valence electrons. The molecule has 0 spiro atoms. The molecule has 0 aliphatic carbocycles. The van der Waals surface area contributed by atoms with E-state index in [0.717, 1.165) is 6.07 Å². The summed E-state index contributed by atoms with van der Waals surface area (Å²) in [6.07, 6.45) is 1.20. The molecule has 0 fully saturated rings. The lowest BCUT2D eigenvalue weighted by Gasteiger charge is -2.09. The first kappa shape index (κ1) is 16.1. The number of phenolic OH excluding ortho intramolecular Hbond substituents is 1. The first-order chi connectivity index (χ1) is 9.31. The van der Waals surface area contributed by atoms with E-state index < -0.39 is 16.4 Å². The van der Waals surface area contributed by atoms with Crippen LogP contribution in [0.25, 0.3) is 0 Å². The maximum absolute atomic E-state index is 10.7. The van der Waals surface area contributed by atoms with E-state index >= 15 is 0 Å². The normalized spacial score (nSPS) is 10.8. The van der Waals surface area contributed by atoms with Gasteiger partial charge in [-0.2, -0.15) is 5.10 Å². The van der Waals surface area contributed by atoms with Crippen LogP contribution >= 0.6 is 23.8 Å². The van der Waals surface area contributed by atoms with Crippen LogP contribution in [-0.4, -0.2) is 27.4 Å². The third-order valence-electron chi connectivity index (χ3n) is 2.07. The summed E-state index contributed by atoms with van der Waals surface area (Å²) in [6, 6.07) is 2.56. The molecule has 0 unspecified atom stereocenters. The van der Waals surface area contributed by atoms with Gasteiger partial charge in [0.25, 0.3) is 0 Å². The van der Waals surface area contributed by atoms with Crippen molar-refractivity contribution in [2.75, 3.05) is 0 Å². The molecule has 20 heavy (non-hydrogen) atoms. The number of nitrogens with zero attached hydrogens (tertiary/aromatic N) is 2. The number of rotatable bonds is 4. The minimum atomic E-state index is -0.725. The summed E-state index contributed by atoms with van der Waals surface area (Å²) in [7, 11) is 0. The second kappa shape index (κ2) is 7.01. The lowest BCUT2D eigenvalue weighted by atomic mass is 10.2. The minimum Gasteiger partial charge on any atom is -0.502 e. The highest BCUT2D eigenvalue weighted by Gasteiger charge is 2.17. The molecule has 1 aromatic rings. The molecule has 0 amide bonds. The van der Waals surface area contributed by atoms with Crippen LogP contribution in [0.2, 0.25) is 5.02 Å². The second-order valence-electron chi connectivity index (χ2n) is 4.12. The molecule has 0 atom stereocenters. The van der Waals surface area contributed by atoms with Crippen LogP contribution in [0, 0.1) is 10.1 Å². The molecule has 7 nitrogen and oxygen atoms in total. The highest BCUT2D eigenvalue weighted by atomic mass is 35.5. The fourth-order valence-electron chi connectivity index (χ4n) is 1.30. The molecule has 0 saturated heterocycles. The molecular weight excluding hydrogens is 304 g/mol. The molecule has 0 aliphatic rings. The van der Waals surface area contributed by atoms with Crippen LogP contribution in [0.1, 0.15) is 19.4 Å². The fourth-order valence-corrected chi connectivity index (χ4v) is 1.81. The number of halogens is 1. The molecule has 3 N–H and O–H groups in total. The van der Waals surface area contributed by atoms with Gasteiger partial charge in [-0.15, -0.1) is 0 Å². The second-order valence-corrected chi connectivity index (χ2v) is 4.96. The molecule has 0 saturated carbocycles. The van der Waals surface area contributed by atoms with Gasteiger partial charge in [0.2, 0.25) is 5.75 Å². The van der Waals surface area contributed by atoms with Crippen LogP contribution in [0.4, 0.5) is 5.69 Å². The van der Waals surface area contributed by atoms with E-state index in [1.165, 1.54) is 12.3 Å². The average Bonchev–Trinajstić information content (AvgIpc) is 2.31. The van der Waals surface area contributed by atoms with E-state index in [1.54, 1.807) is 0 Å². The van der Waals surface area contributed by atoms with Gasteiger partial charge in [0.05, 0.1) is 11.1 Å². The number of thiocarbonyl (C=S) groups is 1. The summed E-state index contributed by atoms with van der Waals surface area (Å²) < 4.78 is 0. The van der Waals surface area contributed by atoms with Gasteiger partial charge >= 0.3 is 5.69 Å². The number of phenols is 1. The van der Waals surface area contributed by atoms with Crippen LogP contribution in [0.3, 0.4) is 0 Å². The van der Waals surface area contributed by atoms with Crippen molar-refractivity contribution < 1.29 is 10.0 Å². The molecule has 0 aliphatic heterocycles. The Morgan fingerprint density at radius 1 is 1.60 bits per heavy atom. The summed E-state index contributed by atoms with van der Waals surface area (Å²) in [6.45, 7) is 3.81. The molecule has 0 bridgehead atoms. The van der Waals surface area contributed by atoms with Crippen LogP contribution in [-0.2, 0) is 0 Å². The van der Waals surface area contributed by atoms with Crippen LogP contribution in [0.5, 0.6) is 5.75 Å². The van der Waals surface area contributed by atoms with Crippen molar-refractivity contribution in [3.63, 3.8) is 0 Å². The Morgan fingerprint density at radius 2 is 2.25 bits per heavy atom. The number of nitrogens with one attached hydrogen (secondary N) is 2. The van der Waals surface area contributed by atoms with Crippen molar-refractivity contribution in [3.05, 3.63) is 32.8 Å². The molecule has 1 aromatic carbocycles. The van der Waals surface area contributed by atoms with Crippen LogP contribution < -0.4 is 10.7 Å². The van der Waals surface area contributed by atoms with Gasteiger partial charge in [-0.3, -0.25) is 15.5 Å². The van der Waals surface area contributed by atoms with Gasteiger partial charge in [-0.25, -0.2) is 0 Å². The topological polar surface area (TPSA) is 99.8 Å². The monoisotopic (exact) mass is 316 g/mol. The zero-order valence-corrected chi connectivity index (χ0v) is 12.3. The summed E-state index contributed by atoms with van der Waals surface area (Å²) >= 11 is 10.7. The molecule has 1 rings (SSSR count). The van der Waals surface area contributed by atoms with E-state index in [4.69, 9.17) is 23.8 Å². The number of aromatic hydroxyl groups is 1. The molecule has 9 heteroatoms. The van der Waals surface area contributed by atoms with E-state index in [2.05, 4.69) is 15.8 Å². The first-order valence-corrected chi connectivity index (χ1v) is 6.36. The molecular formula is C11H13ClN4O3S. The molecule has 0 heterocycles. The summed E-state index contributed by atoms with van der Waals surface area (Å²) in [4.78, 5) is 10.0. The Labute approximate surface area is 125 Å². The summed E-state index contributed by atoms with van der Waals surface area (Å²) in [5, 5.41) is 27.5. The van der Waals surface area contributed by atoms with Gasteiger partial charge in [0.1, 0.15) is 0 Å². The van der Waals surface area contributed by atoms with E-state index in [0.29, 0.717) is 5.11 Å². The van der Waals surface area contributed by atoms with Crippen molar-refractivity contribution in [1.29, 1.82) is 0 Å². The van der Waals surface area contributed by atoms with Crippen molar-refractivity contribution in [2.24, 2.45) is 5.10 Å². The standard InChI is InChI=1S/C11H13ClN4O3S/c1-6(2)14-11(20)15-13-5-7-3-8(12)4-9(10(7)17)16(18)19/h3-6,17H,1-2H3,(H2,14,15,20). The third kappa shape index (κ3) is 4.63. The van der Waals surface area contributed by atoms with Crippen molar-refractivity contribution in [1.82, 2.24) is 10.7 Å². The zero-order valence-electron chi connectivity index (χ0n) is 10.8. The number of nitro groups is 1. The largest absolute Gasteiger partial charge is 0.502 e. The number of hydrogen-bond acceptors (Lipinski definition) is 5. The minimum absolute atomic E-state index is 0.115. The Kier molecular flexibility index (Phi) is 5.66. The predicted octanol–water partition coefficient (Wildman–Crippen LogP) is 2.16. The van der Waals surface area contributed by atoms with Crippen molar-refractivity contribution >= 4 is 40.8 Å². The Bertz CT molecular complexity index is 563. The lowest BCUT2D eigenvalue weighted by Crippen LogP contribution is -2.36. The number of hydrazone groups is 1. The highest BCUT2D eigenvalue weighted by molar-refractivity contribution is 7.80. The SMILES string of the molecule is CC(C)NC(=S)NN=Cc1cc(Cl)cc([N+](=O)[O-])c1O. The Morgan fingerprint density at radius 3 is 2.80 bits per heavy atom. The van der Waals surface area contributed by atoms with Gasteiger partial charge in [0.15, 0.2) is 5.11 Å². The summed E-state index contributed by atoms with van der Waals surface area (Å²) in [5.74, 6) is -0.507. The lowest BCUT2D eigenvalue weighted by molar-refractivity contribution is -0.385. The van der Waals surface area contributed by atoms with E-state index in [9.17, 15) is 15.2 Å². The Balaban J connectivity index is 2.87. The zero-order chi connectivity index (χ0) is 15.3. The smallest absolute Gasteiger partial charge is 0.312 e. The number of benzene rings is 1. The average molecular weight is 317 g/mol. The maximum Gasteiger partial charge on any atom is 0.312 e. The fraction of sp³-hybridized carbons (Fsp3) is 0.273. The van der Waals surface area contributed by atoms with Gasteiger partial charge in [-0.1, -0.05) is 11.6 Å². The van der Waals surface area contributed by atoms with Crippen molar-refractivity contribution in [2.45, 2.75) is 19.9 Å². The first-order valence-electron chi connectivity index (χ1n) is 5.57. The number of hydrogen-bond donors (Lipinski definition) is 3. The predicted molar refractivity (Wildman–Crippen MR) is 81.4 cm³/mol. The third-order valence-corrected chi connectivity index (χ3v) is 2.50. The van der Waals surface area contributed by atoms with Gasteiger partial charge in [-0.05, 0) is 32.1 Å². The van der Waals surface area contributed by atoms with E-state index in [1.807, 2.05) is 13.8 Å². The number of nitro benzene ring substituents is 1. The van der Waals surface area contributed by atoms with Gasteiger partial charge < -0.3 is 10.4 Å². The summed E-state index contributed by atoms with van der Waals surface area (Å²) in [5.41, 5.74) is 2.15. The van der Waals surface area contributed by atoms with E-state index in [-0.39, 0.29) is 16.6 Å².